The number of nitrogens with zero attached hydrogens (tertiary/aromatic N) is 5. The number of aryl methyl sites for hydroxylation is 1. The molecule has 0 atom stereocenters. The monoisotopic (exact) mass is 415 g/mol. The van der Waals surface area contributed by atoms with E-state index in [1.165, 1.54) is 0 Å². The Hall–Kier alpha value is -2.56. The minimum atomic E-state index is -0.0418. The number of nitriles is 1. The SMILES string of the molecule is Cc1cc(N2CCN(CC#N)CC2=O)nn1Cc1cc(Cl)ccc1OCC(C)C. The summed E-state index contributed by atoms with van der Waals surface area (Å²) in [6, 6.07) is 9.61. The maximum atomic E-state index is 12.5. The van der Waals surface area contributed by atoms with Gasteiger partial charge in [0.1, 0.15) is 5.75 Å². The molecule has 0 unspecified atom stereocenters. The highest BCUT2D eigenvalue weighted by Gasteiger charge is 2.27. The van der Waals surface area contributed by atoms with Crippen molar-refractivity contribution in [3.05, 3.63) is 40.5 Å². The predicted octanol–water partition coefficient (Wildman–Crippen LogP) is 3.10. The van der Waals surface area contributed by atoms with Gasteiger partial charge in [-0.1, -0.05) is 25.4 Å². The van der Waals surface area contributed by atoms with Gasteiger partial charge < -0.3 is 4.74 Å². The largest absolute Gasteiger partial charge is 0.493 e. The van der Waals surface area contributed by atoms with Crippen molar-refractivity contribution in [2.75, 3.05) is 37.7 Å². The van der Waals surface area contributed by atoms with Crippen LogP contribution in [-0.4, -0.2) is 53.4 Å². The first-order valence-corrected chi connectivity index (χ1v) is 10.1. The fourth-order valence-corrected chi connectivity index (χ4v) is 3.41. The van der Waals surface area contributed by atoms with Crippen LogP contribution in [-0.2, 0) is 11.3 Å². The molecule has 0 N–H and O–H groups in total. The minimum absolute atomic E-state index is 0.0418. The molecule has 1 aromatic heterocycles. The number of ether oxygens (including phenoxy) is 1. The Labute approximate surface area is 176 Å². The summed E-state index contributed by atoms with van der Waals surface area (Å²) in [5, 5.41) is 14.1. The summed E-state index contributed by atoms with van der Waals surface area (Å²) >= 11 is 6.21. The molecule has 0 aliphatic carbocycles. The molecule has 0 bridgehead atoms. The lowest BCUT2D eigenvalue weighted by atomic mass is 10.2. The number of hydrogen-bond acceptors (Lipinski definition) is 5. The second-order valence-electron chi connectivity index (χ2n) is 7.67. The number of carbonyl (C=O) groups is 1. The Morgan fingerprint density at radius 1 is 1.31 bits per heavy atom. The molecule has 0 radical (unpaired) electrons. The van der Waals surface area contributed by atoms with Gasteiger partial charge in [-0.3, -0.25) is 19.3 Å². The molecule has 1 amide bonds. The zero-order valence-corrected chi connectivity index (χ0v) is 17.8. The molecule has 1 aromatic carbocycles. The fourth-order valence-electron chi connectivity index (χ4n) is 3.21. The summed E-state index contributed by atoms with van der Waals surface area (Å²) in [7, 11) is 0. The second-order valence-corrected chi connectivity index (χ2v) is 8.11. The lowest BCUT2D eigenvalue weighted by Gasteiger charge is -2.31. The molecule has 1 saturated heterocycles. The van der Waals surface area contributed by atoms with E-state index in [1.54, 1.807) is 4.90 Å². The lowest BCUT2D eigenvalue weighted by Crippen LogP contribution is -2.50. The summed E-state index contributed by atoms with van der Waals surface area (Å²) in [5.74, 6) is 1.80. The first-order valence-electron chi connectivity index (χ1n) is 9.72. The number of rotatable bonds is 7. The van der Waals surface area contributed by atoms with E-state index in [4.69, 9.17) is 21.6 Å². The number of halogens is 1. The molecule has 1 aliphatic rings. The average molecular weight is 416 g/mol. The molecule has 29 heavy (non-hydrogen) atoms. The molecule has 3 rings (SSSR count). The number of benzene rings is 1. The van der Waals surface area contributed by atoms with Crippen molar-refractivity contribution in [2.45, 2.75) is 27.3 Å². The van der Waals surface area contributed by atoms with Crippen LogP contribution in [0, 0.1) is 24.2 Å². The smallest absolute Gasteiger partial charge is 0.242 e. The van der Waals surface area contributed by atoms with Crippen molar-refractivity contribution in [1.82, 2.24) is 14.7 Å². The van der Waals surface area contributed by atoms with Gasteiger partial charge in [-0.05, 0) is 31.0 Å². The highest BCUT2D eigenvalue weighted by Crippen LogP contribution is 2.26. The first-order chi connectivity index (χ1) is 13.9. The highest BCUT2D eigenvalue weighted by molar-refractivity contribution is 6.30. The third-order valence-corrected chi connectivity index (χ3v) is 4.99. The van der Waals surface area contributed by atoms with Gasteiger partial charge in [0.05, 0.1) is 32.3 Å². The number of hydrogen-bond donors (Lipinski definition) is 0. The number of amides is 1. The zero-order chi connectivity index (χ0) is 21.0. The number of piperazine rings is 1. The van der Waals surface area contributed by atoms with Crippen molar-refractivity contribution < 1.29 is 9.53 Å². The van der Waals surface area contributed by atoms with Crippen LogP contribution in [0.3, 0.4) is 0 Å². The van der Waals surface area contributed by atoms with Gasteiger partial charge in [-0.25, -0.2) is 0 Å². The van der Waals surface area contributed by atoms with Crippen LogP contribution in [0.2, 0.25) is 5.02 Å². The molecule has 2 aromatic rings. The quantitative estimate of drug-likeness (QED) is 0.649. The second kappa shape index (κ2) is 9.29. The van der Waals surface area contributed by atoms with Crippen molar-refractivity contribution in [3.8, 4) is 11.8 Å². The Balaban J connectivity index is 1.77. The Morgan fingerprint density at radius 2 is 2.10 bits per heavy atom. The van der Waals surface area contributed by atoms with E-state index in [2.05, 4.69) is 25.0 Å². The third kappa shape index (κ3) is 5.28. The maximum absolute atomic E-state index is 12.5. The van der Waals surface area contributed by atoms with E-state index in [9.17, 15) is 4.79 Å². The fraction of sp³-hybridized carbons (Fsp3) is 0.476. The predicted molar refractivity (Wildman–Crippen MR) is 112 cm³/mol. The normalized spacial score (nSPS) is 15.0. The topological polar surface area (TPSA) is 74.4 Å². The number of carbonyl (C=O) groups excluding carboxylic acids is 1. The molecule has 1 fully saturated rings. The summed E-state index contributed by atoms with van der Waals surface area (Å²) in [6.07, 6.45) is 0. The Kier molecular flexibility index (Phi) is 6.78. The molecule has 154 valence electrons. The molecule has 0 saturated carbocycles. The van der Waals surface area contributed by atoms with Gasteiger partial charge >= 0.3 is 0 Å². The van der Waals surface area contributed by atoms with Gasteiger partial charge in [0, 0.05) is 35.4 Å². The number of anilines is 1. The van der Waals surface area contributed by atoms with Crippen molar-refractivity contribution >= 4 is 23.3 Å². The third-order valence-electron chi connectivity index (χ3n) is 4.75. The molecule has 8 heteroatoms. The molecular weight excluding hydrogens is 390 g/mol. The Bertz CT molecular complexity index is 918. The van der Waals surface area contributed by atoms with Gasteiger partial charge in [0.15, 0.2) is 5.82 Å². The lowest BCUT2D eigenvalue weighted by molar-refractivity contribution is -0.121. The molecule has 2 heterocycles. The van der Waals surface area contributed by atoms with Crippen LogP contribution in [0.25, 0.3) is 0 Å². The summed E-state index contributed by atoms with van der Waals surface area (Å²) in [6.45, 7) is 8.99. The number of aromatic nitrogens is 2. The van der Waals surface area contributed by atoms with Crippen LogP contribution in [0.4, 0.5) is 5.82 Å². The van der Waals surface area contributed by atoms with Gasteiger partial charge in [-0.15, -0.1) is 0 Å². The maximum Gasteiger partial charge on any atom is 0.242 e. The van der Waals surface area contributed by atoms with Crippen molar-refractivity contribution in [1.29, 1.82) is 5.26 Å². The first kappa shape index (κ1) is 21.2. The zero-order valence-electron chi connectivity index (χ0n) is 17.1. The van der Waals surface area contributed by atoms with Crippen LogP contribution in [0.15, 0.2) is 24.3 Å². The molecule has 0 spiro atoms. The molecule has 7 nitrogen and oxygen atoms in total. The summed E-state index contributed by atoms with van der Waals surface area (Å²) in [5.41, 5.74) is 1.89. The van der Waals surface area contributed by atoms with Crippen LogP contribution in [0.1, 0.15) is 25.1 Å². The van der Waals surface area contributed by atoms with E-state index in [-0.39, 0.29) is 19.0 Å². The minimum Gasteiger partial charge on any atom is -0.493 e. The summed E-state index contributed by atoms with van der Waals surface area (Å²) in [4.78, 5) is 16.0. The standard InChI is InChI=1S/C21H26ClN5O2/c1-15(2)14-29-19-5-4-18(22)11-17(19)12-27-16(3)10-20(24-27)26-9-8-25(7-6-23)13-21(26)28/h4-5,10-11,15H,7-9,12-14H2,1-3H3. The van der Waals surface area contributed by atoms with E-state index >= 15 is 0 Å². The van der Waals surface area contributed by atoms with Crippen LogP contribution >= 0.6 is 11.6 Å². The average Bonchev–Trinajstić information content (AvgIpc) is 3.01. The van der Waals surface area contributed by atoms with Crippen molar-refractivity contribution in [2.24, 2.45) is 5.92 Å². The summed E-state index contributed by atoms with van der Waals surface area (Å²) < 4.78 is 7.80. The van der Waals surface area contributed by atoms with Crippen LogP contribution in [0.5, 0.6) is 5.75 Å². The van der Waals surface area contributed by atoms with E-state index in [0.717, 1.165) is 17.0 Å². The van der Waals surface area contributed by atoms with E-state index in [1.807, 2.05) is 40.8 Å². The highest BCUT2D eigenvalue weighted by atomic mass is 35.5. The van der Waals surface area contributed by atoms with Gasteiger partial charge in [0.25, 0.3) is 0 Å². The Morgan fingerprint density at radius 3 is 2.79 bits per heavy atom. The van der Waals surface area contributed by atoms with Crippen LogP contribution < -0.4 is 9.64 Å². The molecular formula is C21H26ClN5O2. The van der Waals surface area contributed by atoms with E-state index < -0.39 is 0 Å². The van der Waals surface area contributed by atoms with Gasteiger partial charge in [0.2, 0.25) is 5.91 Å². The van der Waals surface area contributed by atoms with E-state index in [0.29, 0.717) is 43.0 Å². The molecule has 1 aliphatic heterocycles. The van der Waals surface area contributed by atoms with Gasteiger partial charge in [-0.2, -0.15) is 10.4 Å². The van der Waals surface area contributed by atoms with Crippen molar-refractivity contribution in [3.63, 3.8) is 0 Å².